The Balaban J connectivity index is 2.57. The number of rotatable bonds is 5. The number of hydrogen-bond acceptors (Lipinski definition) is 3. The Kier molecular flexibility index (Phi) is 5.12. The Morgan fingerprint density at radius 2 is 1.93 bits per heavy atom. The van der Waals surface area contributed by atoms with E-state index < -0.39 is 0 Å². The van der Waals surface area contributed by atoms with Crippen molar-refractivity contribution in [1.29, 1.82) is 0 Å². The zero-order valence-corrected chi connectivity index (χ0v) is 10.1. The van der Waals surface area contributed by atoms with Gasteiger partial charge in [0, 0.05) is 25.0 Å². The lowest BCUT2D eigenvalue weighted by Gasteiger charge is -2.17. The highest BCUT2D eigenvalue weighted by Gasteiger charge is 1.98. The van der Waals surface area contributed by atoms with Gasteiger partial charge in [-0.25, -0.2) is 0 Å². The molecule has 0 fully saturated rings. The summed E-state index contributed by atoms with van der Waals surface area (Å²) in [4.78, 5) is 2.17. The summed E-state index contributed by atoms with van der Waals surface area (Å²) in [5.41, 5.74) is 1.18. The fraction of sp³-hybridized carbons (Fsp3) is 0.333. The minimum absolute atomic E-state index is 0.788. The van der Waals surface area contributed by atoms with Crippen LogP contribution in [0.5, 0.6) is 5.75 Å². The van der Waals surface area contributed by atoms with Crippen LogP contribution in [0.3, 0.4) is 0 Å². The number of nitrogens with zero attached hydrogens (tertiary/aromatic N) is 1. The van der Waals surface area contributed by atoms with E-state index in [1.807, 2.05) is 30.3 Å². The Morgan fingerprint density at radius 1 is 1.27 bits per heavy atom. The summed E-state index contributed by atoms with van der Waals surface area (Å²) in [6.07, 6.45) is 4.15. The molecule has 1 aromatic carbocycles. The first-order valence-electron chi connectivity index (χ1n) is 4.89. The molecule has 0 unspecified atom stereocenters. The molecule has 0 aliphatic carbocycles. The van der Waals surface area contributed by atoms with Crippen LogP contribution in [0.4, 0.5) is 5.69 Å². The third-order valence-corrected chi connectivity index (χ3v) is 2.38. The summed E-state index contributed by atoms with van der Waals surface area (Å²) < 4.78 is 5.10. The van der Waals surface area contributed by atoms with Crippen LogP contribution in [-0.2, 0) is 0 Å². The highest BCUT2D eigenvalue weighted by atomic mass is 32.1. The van der Waals surface area contributed by atoms with Crippen molar-refractivity contribution in [2.75, 3.05) is 31.4 Å². The van der Waals surface area contributed by atoms with Gasteiger partial charge in [-0.3, -0.25) is 0 Å². The number of methoxy groups -OCH3 is 1. The third kappa shape index (κ3) is 3.88. The Labute approximate surface area is 97.0 Å². The highest BCUT2D eigenvalue weighted by Crippen LogP contribution is 2.17. The number of anilines is 1. The third-order valence-electron chi connectivity index (χ3n) is 2.16. The van der Waals surface area contributed by atoms with Crippen LogP contribution in [-0.4, -0.2) is 26.5 Å². The van der Waals surface area contributed by atoms with Gasteiger partial charge in [-0.15, -0.1) is 0 Å². The summed E-state index contributed by atoms with van der Waals surface area (Å²) in [7, 11) is 3.73. The molecular formula is C12H17NOS. The van der Waals surface area contributed by atoms with Crippen molar-refractivity contribution in [3.8, 4) is 5.75 Å². The van der Waals surface area contributed by atoms with Gasteiger partial charge in [-0.2, -0.15) is 12.6 Å². The van der Waals surface area contributed by atoms with Crippen molar-refractivity contribution < 1.29 is 4.74 Å². The van der Waals surface area contributed by atoms with Gasteiger partial charge in [0.1, 0.15) is 5.75 Å². The van der Waals surface area contributed by atoms with E-state index >= 15 is 0 Å². The average molecular weight is 223 g/mol. The first-order valence-corrected chi connectivity index (χ1v) is 5.52. The van der Waals surface area contributed by atoms with Crippen molar-refractivity contribution in [3.63, 3.8) is 0 Å². The van der Waals surface area contributed by atoms with E-state index in [4.69, 9.17) is 4.74 Å². The molecule has 2 nitrogen and oxygen atoms in total. The van der Waals surface area contributed by atoms with Gasteiger partial charge < -0.3 is 9.64 Å². The Hall–Kier alpha value is -1.09. The number of hydrogen-bond donors (Lipinski definition) is 1. The highest BCUT2D eigenvalue weighted by molar-refractivity contribution is 7.80. The largest absolute Gasteiger partial charge is 0.497 e. The molecule has 0 saturated carbocycles. The number of thiol groups is 1. The molecule has 0 aromatic heterocycles. The van der Waals surface area contributed by atoms with Gasteiger partial charge in [0.25, 0.3) is 0 Å². The maximum atomic E-state index is 5.10. The standard InChI is InChI=1S/C12H17NOS/c1-13(9-3-4-10-15)11-5-7-12(14-2)8-6-11/h3-8,15H,9-10H2,1-2H3. The van der Waals surface area contributed by atoms with Gasteiger partial charge in [0.15, 0.2) is 0 Å². The summed E-state index contributed by atoms with van der Waals surface area (Å²) in [5, 5.41) is 0. The minimum Gasteiger partial charge on any atom is -0.497 e. The molecule has 0 heterocycles. The molecule has 82 valence electrons. The van der Waals surface area contributed by atoms with E-state index in [9.17, 15) is 0 Å². The molecule has 1 aromatic rings. The van der Waals surface area contributed by atoms with Crippen LogP contribution < -0.4 is 9.64 Å². The monoisotopic (exact) mass is 223 g/mol. The quantitative estimate of drug-likeness (QED) is 0.608. The molecule has 0 atom stereocenters. The molecule has 0 saturated heterocycles. The Bertz CT molecular complexity index is 308. The topological polar surface area (TPSA) is 12.5 Å². The summed E-state index contributed by atoms with van der Waals surface area (Å²) in [6, 6.07) is 8.03. The molecule has 0 bridgehead atoms. The predicted octanol–water partition coefficient (Wildman–Crippen LogP) is 2.62. The fourth-order valence-electron chi connectivity index (χ4n) is 1.25. The summed E-state index contributed by atoms with van der Waals surface area (Å²) >= 11 is 4.11. The molecule has 0 aliphatic rings. The fourth-order valence-corrected chi connectivity index (χ4v) is 1.40. The molecule has 0 aliphatic heterocycles. The zero-order chi connectivity index (χ0) is 11.1. The average Bonchev–Trinajstić information content (AvgIpc) is 2.29. The van der Waals surface area contributed by atoms with Crippen LogP contribution in [0.15, 0.2) is 36.4 Å². The van der Waals surface area contributed by atoms with E-state index in [0.29, 0.717) is 0 Å². The van der Waals surface area contributed by atoms with E-state index in [-0.39, 0.29) is 0 Å². The number of likely N-dealkylation sites (N-methyl/N-ethyl adjacent to an activating group) is 1. The normalized spacial score (nSPS) is 10.6. The van der Waals surface area contributed by atoms with Gasteiger partial charge in [-0.05, 0) is 24.3 Å². The second-order valence-electron chi connectivity index (χ2n) is 3.23. The minimum atomic E-state index is 0.788. The van der Waals surface area contributed by atoms with Crippen molar-refractivity contribution >= 4 is 18.3 Å². The van der Waals surface area contributed by atoms with Gasteiger partial charge in [0.2, 0.25) is 0 Å². The SMILES string of the molecule is COc1ccc(N(C)CC=CCS)cc1. The van der Waals surface area contributed by atoms with E-state index in [1.54, 1.807) is 7.11 Å². The Morgan fingerprint density at radius 3 is 2.47 bits per heavy atom. The first kappa shape index (κ1) is 12.0. The molecule has 0 radical (unpaired) electrons. The molecule has 0 amide bonds. The van der Waals surface area contributed by atoms with Crippen LogP contribution >= 0.6 is 12.6 Å². The zero-order valence-electron chi connectivity index (χ0n) is 9.18. The smallest absolute Gasteiger partial charge is 0.119 e. The van der Waals surface area contributed by atoms with Gasteiger partial charge >= 0.3 is 0 Å². The summed E-state index contributed by atoms with van der Waals surface area (Å²) in [6.45, 7) is 0.896. The lowest BCUT2D eigenvalue weighted by Crippen LogP contribution is -2.16. The van der Waals surface area contributed by atoms with Crippen LogP contribution in [0, 0.1) is 0 Å². The molecule has 3 heteroatoms. The van der Waals surface area contributed by atoms with Gasteiger partial charge in [0.05, 0.1) is 7.11 Å². The predicted molar refractivity (Wildman–Crippen MR) is 69.3 cm³/mol. The maximum absolute atomic E-state index is 5.10. The number of ether oxygens (including phenoxy) is 1. The second kappa shape index (κ2) is 6.40. The second-order valence-corrected chi connectivity index (χ2v) is 3.60. The molecule has 0 spiro atoms. The summed E-state index contributed by atoms with van der Waals surface area (Å²) in [5.74, 6) is 1.68. The van der Waals surface area contributed by atoms with Gasteiger partial charge in [-0.1, -0.05) is 12.2 Å². The van der Waals surface area contributed by atoms with Crippen LogP contribution in [0.25, 0.3) is 0 Å². The maximum Gasteiger partial charge on any atom is 0.119 e. The molecular weight excluding hydrogens is 206 g/mol. The van der Waals surface area contributed by atoms with Crippen molar-refractivity contribution in [2.45, 2.75) is 0 Å². The first-order chi connectivity index (χ1) is 7.27. The van der Waals surface area contributed by atoms with Crippen molar-refractivity contribution in [1.82, 2.24) is 0 Å². The molecule has 1 rings (SSSR count). The van der Waals surface area contributed by atoms with Crippen molar-refractivity contribution in [2.24, 2.45) is 0 Å². The van der Waals surface area contributed by atoms with Crippen LogP contribution in [0.2, 0.25) is 0 Å². The van der Waals surface area contributed by atoms with E-state index in [2.05, 4.69) is 30.7 Å². The van der Waals surface area contributed by atoms with E-state index in [0.717, 1.165) is 18.0 Å². The van der Waals surface area contributed by atoms with Crippen LogP contribution in [0.1, 0.15) is 0 Å². The lowest BCUT2D eigenvalue weighted by atomic mass is 10.3. The van der Waals surface area contributed by atoms with E-state index in [1.165, 1.54) is 5.69 Å². The molecule has 15 heavy (non-hydrogen) atoms. The van der Waals surface area contributed by atoms with Crippen molar-refractivity contribution in [3.05, 3.63) is 36.4 Å². The number of benzene rings is 1. The lowest BCUT2D eigenvalue weighted by molar-refractivity contribution is 0.415. The molecule has 0 N–H and O–H groups in total.